The van der Waals surface area contributed by atoms with Crippen molar-refractivity contribution >= 4 is 29.4 Å². The highest BCUT2D eigenvalue weighted by Crippen LogP contribution is 2.36. The summed E-state index contributed by atoms with van der Waals surface area (Å²) in [7, 11) is 2.86. The lowest BCUT2D eigenvalue weighted by Crippen LogP contribution is -2.40. The van der Waals surface area contributed by atoms with Crippen LogP contribution in [0.2, 0.25) is 0 Å². The van der Waals surface area contributed by atoms with Crippen LogP contribution < -0.4 is 24.4 Å². The molecule has 0 unspecified atom stereocenters. The summed E-state index contributed by atoms with van der Waals surface area (Å²) in [6, 6.07) is 11.3. The van der Waals surface area contributed by atoms with E-state index in [0.29, 0.717) is 37.7 Å². The van der Waals surface area contributed by atoms with Crippen molar-refractivity contribution in [2.24, 2.45) is 4.99 Å². The van der Waals surface area contributed by atoms with Gasteiger partial charge in [0, 0.05) is 0 Å². The van der Waals surface area contributed by atoms with E-state index in [0.717, 1.165) is 5.56 Å². The standard InChI is InChI=1S/C29H30N2O7S/c1-7-37-28(34)24-17(4)30-29-31(25(24)20-12-13-21(38-16(2)3)22(15-20)35-5)26(32)23(39-29)14-18-8-10-19(11-9-18)27(33)36-6/h8-16,25H,7H2,1-6H3/b23-14-/t25-/m1/s1. The van der Waals surface area contributed by atoms with Gasteiger partial charge in [-0.15, -0.1) is 0 Å². The zero-order valence-corrected chi connectivity index (χ0v) is 23.5. The summed E-state index contributed by atoms with van der Waals surface area (Å²) in [5, 5.41) is 0. The molecule has 39 heavy (non-hydrogen) atoms. The summed E-state index contributed by atoms with van der Waals surface area (Å²) >= 11 is 1.22. The van der Waals surface area contributed by atoms with Crippen LogP contribution in [0.4, 0.5) is 0 Å². The van der Waals surface area contributed by atoms with Crippen LogP contribution >= 0.6 is 11.3 Å². The number of esters is 2. The fourth-order valence-electron chi connectivity index (χ4n) is 4.30. The van der Waals surface area contributed by atoms with E-state index >= 15 is 0 Å². The second-order valence-electron chi connectivity index (χ2n) is 8.99. The number of fused-ring (bicyclic) bond motifs is 1. The van der Waals surface area contributed by atoms with Crippen molar-refractivity contribution in [3.8, 4) is 11.5 Å². The number of methoxy groups -OCH3 is 2. The van der Waals surface area contributed by atoms with E-state index in [4.69, 9.17) is 18.9 Å². The molecule has 0 aliphatic carbocycles. The molecule has 10 heteroatoms. The Morgan fingerprint density at radius 1 is 1.08 bits per heavy atom. The van der Waals surface area contributed by atoms with Crippen LogP contribution in [0.5, 0.6) is 11.5 Å². The van der Waals surface area contributed by atoms with E-state index in [1.165, 1.54) is 30.1 Å². The molecule has 1 aliphatic heterocycles. The van der Waals surface area contributed by atoms with Crippen LogP contribution in [0.15, 0.2) is 63.5 Å². The number of nitrogens with zero attached hydrogens (tertiary/aromatic N) is 2. The molecular formula is C29H30N2O7S. The third-order valence-electron chi connectivity index (χ3n) is 6.01. The number of carbonyl (C=O) groups is 2. The summed E-state index contributed by atoms with van der Waals surface area (Å²) in [6.45, 7) is 7.47. The number of ether oxygens (including phenoxy) is 4. The highest BCUT2D eigenvalue weighted by molar-refractivity contribution is 7.07. The third kappa shape index (κ3) is 5.65. The number of carbonyl (C=O) groups excluding carboxylic acids is 2. The van der Waals surface area contributed by atoms with E-state index in [9.17, 15) is 14.4 Å². The Labute approximate surface area is 229 Å². The molecule has 2 aromatic carbocycles. The summed E-state index contributed by atoms with van der Waals surface area (Å²) < 4.78 is 23.5. The van der Waals surface area contributed by atoms with Crippen LogP contribution in [0.3, 0.4) is 0 Å². The zero-order chi connectivity index (χ0) is 28.3. The number of aromatic nitrogens is 1. The highest BCUT2D eigenvalue weighted by atomic mass is 32.1. The maximum absolute atomic E-state index is 13.8. The summed E-state index contributed by atoms with van der Waals surface area (Å²) in [4.78, 5) is 43.8. The predicted molar refractivity (Wildman–Crippen MR) is 147 cm³/mol. The Morgan fingerprint density at radius 2 is 1.79 bits per heavy atom. The quantitative estimate of drug-likeness (QED) is 0.396. The highest BCUT2D eigenvalue weighted by Gasteiger charge is 2.34. The van der Waals surface area contributed by atoms with E-state index in [1.807, 2.05) is 19.9 Å². The Kier molecular flexibility index (Phi) is 8.35. The van der Waals surface area contributed by atoms with Gasteiger partial charge >= 0.3 is 11.9 Å². The lowest BCUT2D eigenvalue weighted by molar-refractivity contribution is -0.139. The molecule has 4 rings (SSSR count). The Balaban J connectivity index is 1.89. The van der Waals surface area contributed by atoms with E-state index in [-0.39, 0.29) is 23.8 Å². The first-order valence-electron chi connectivity index (χ1n) is 12.4. The second kappa shape index (κ2) is 11.7. The smallest absolute Gasteiger partial charge is 0.338 e. The first-order valence-corrected chi connectivity index (χ1v) is 13.2. The maximum Gasteiger partial charge on any atom is 0.338 e. The van der Waals surface area contributed by atoms with Gasteiger partial charge in [-0.2, -0.15) is 0 Å². The van der Waals surface area contributed by atoms with Gasteiger partial charge in [-0.1, -0.05) is 29.5 Å². The molecule has 9 nitrogen and oxygen atoms in total. The van der Waals surface area contributed by atoms with Crippen molar-refractivity contribution in [3.63, 3.8) is 0 Å². The average molecular weight is 551 g/mol. The van der Waals surface area contributed by atoms with Crippen molar-refractivity contribution in [1.82, 2.24) is 4.57 Å². The average Bonchev–Trinajstić information content (AvgIpc) is 3.21. The minimum Gasteiger partial charge on any atom is -0.493 e. The SMILES string of the molecule is CCOC(=O)C1=C(C)N=c2s/c(=C\c3ccc(C(=O)OC)cc3)c(=O)n2[C@@H]1c1ccc(OC(C)C)c(OC)c1. The number of benzene rings is 2. The first kappa shape index (κ1) is 27.8. The molecule has 3 aromatic rings. The van der Waals surface area contributed by atoms with Crippen molar-refractivity contribution in [3.05, 3.63) is 90.1 Å². The van der Waals surface area contributed by atoms with Gasteiger partial charge in [0.15, 0.2) is 16.3 Å². The number of hydrogen-bond donors (Lipinski definition) is 0. The van der Waals surface area contributed by atoms with Gasteiger partial charge < -0.3 is 18.9 Å². The van der Waals surface area contributed by atoms with E-state index in [1.54, 1.807) is 56.3 Å². The van der Waals surface area contributed by atoms with Crippen molar-refractivity contribution in [2.45, 2.75) is 39.8 Å². The molecule has 1 aliphatic rings. The normalized spacial score (nSPS) is 15.1. The van der Waals surface area contributed by atoms with Gasteiger partial charge in [-0.3, -0.25) is 9.36 Å². The fourth-order valence-corrected chi connectivity index (χ4v) is 5.34. The molecule has 0 N–H and O–H groups in total. The molecule has 0 amide bonds. The maximum atomic E-state index is 13.8. The first-order chi connectivity index (χ1) is 18.7. The molecule has 0 fully saturated rings. The second-order valence-corrected chi connectivity index (χ2v) is 10.0. The molecule has 0 bridgehead atoms. The van der Waals surface area contributed by atoms with E-state index < -0.39 is 18.0 Å². The minimum atomic E-state index is -0.786. The number of allylic oxidation sites excluding steroid dienone is 1. The zero-order valence-electron chi connectivity index (χ0n) is 22.6. The van der Waals surface area contributed by atoms with E-state index in [2.05, 4.69) is 4.99 Å². The molecule has 1 atom stereocenters. The van der Waals surface area contributed by atoms with Gasteiger partial charge in [-0.05, 0) is 69.2 Å². The van der Waals surface area contributed by atoms with Crippen LogP contribution in [-0.4, -0.2) is 43.4 Å². The van der Waals surface area contributed by atoms with Gasteiger partial charge in [0.25, 0.3) is 5.56 Å². The fraction of sp³-hybridized carbons (Fsp3) is 0.310. The van der Waals surface area contributed by atoms with Crippen LogP contribution in [0, 0.1) is 0 Å². The van der Waals surface area contributed by atoms with Gasteiger partial charge in [0.2, 0.25) is 0 Å². The number of thiazole rings is 1. The topological polar surface area (TPSA) is 105 Å². The third-order valence-corrected chi connectivity index (χ3v) is 7.00. The van der Waals surface area contributed by atoms with Crippen molar-refractivity contribution in [1.29, 1.82) is 0 Å². The van der Waals surface area contributed by atoms with Crippen molar-refractivity contribution in [2.75, 3.05) is 20.8 Å². The molecule has 0 radical (unpaired) electrons. The molecule has 204 valence electrons. The Bertz CT molecular complexity index is 1610. The lowest BCUT2D eigenvalue weighted by atomic mass is 9.95. The van der Waals surface area contributed by atoms with Crippen molar-refractivity contribution < 1.29 is 28.5 Å². The molecular weight excluding hydrogens is 520 g/mol. The monoisotopic (exact) mass is 550 g/mol. The molecule has 0 saturated heterocycles. The Morgan fingerprint density at radius 3 is 2.41 bits per heavy atom. The minimum absolute atomic E-state index is 0.0682. The van der Waals surface area contributed by atoms with Gasteiger partial charge in [0.1, 0.15) is 0 Å². The lowest BCUT2D eigenvalue weighted by Gasteiger charge is -2.25. The van der Waals surface area contributed by atoms with Crippen LogP contribution in [0.1, 0.15) is 55.2 Å². The summed E-state index contributed by atoms with van der Waals surface area (Å²) in [5.74, 6) is 0.0466. The van der Waals surface area contributed by atoms with Gasteiger partial charge in [0.05, 0.1) is 54.3 Å². The largest absolute Gasteiger partial charge is 0.493 e. The predicted octanol–water partition coefficient (Wildman–Crippen LogP) is 3.38. The number of hydrogen-bond acceptors (Lipinski definition) is 9. The molecule has 0 spiro atoms. The van der Waals surface area contributed by atoms with Gasteiger partial charge in [-0.25, -0.2) is 14.6 Å². The van der Waals surface area contributed by atoms with Crippen LogP contribution in [-0.2, 0) is 14.3 Å². The molecule has 0 saturated carbocycles. The molecule has 1 aromatic heterocycles. The summed E-state index contributed by atoms with van der Waals surface area (Å²) in [5.41, 5.74) is 2.22. The number of rotatable bonds is 8. The van der Waals surface area contributed by atoms with Crippen LogP contribution in [0.25, 0.3) is 6.08 Å². The molecule has 2 heterocycles. The summed E-state index contributed by atoms with van der Waals surface area (Å²) in [6.07, 6.45) is 1.66. The Hall–Kier alpha value is -4.18.